The SMILES string of the molecule is CCc1ccc(-c2cc(C(F)(F)F)n3nc(C(=O)NC4CC[NH+](Cc5ccccc5)CC4)cc3n2)s1. The molecule has 5 rings (SSSR count). The standard InChI is InChI=1S/C26H26F3N5OS/c1-2-19-8-9-22(36-19)20-14-23(26(27,28)29)34-24(31-20)15-21(32-34)25(35)30-18-10-12-33(13-11-18)16-17-6-4-3-5-7-17/h3-9,14-15,18H,2,10-13,16H2,1H3,(H,30,35)/p+1. The Morgan fingerprint density at radius 1 is 1.14 bits per heavy atom. The average Bonchev–Trinajstić information content (AvgIpc) is 3.52. The van der Waals surface area contributed by atoms with Crippen LogP contribution in [0.5, 0.6) is 0 Å². The third kappa shape index (κ3) is 5.29. The number of aryl methyl sites for hydroxylation is 1. The molecule has 0 spiro atoms. The van der Waals surface area contributed by atoms with Crippen LogP contribution in [0.15, 0.2) is 54.6 Å². The maximum absolute atomic E-state index is 13.9. The zero-order chi connectivity index (χ0) is 25.3. The molecule has 0 aliphatic carbocycles. The van der Waals surface area contributed by atoms with Gasteiger partial charge in [-0.25, -0.2) is 9.50 Å². The summed E-state index contributed by atoms with van der Waals surface area (Å²) in [5.74, 6) is -0.476. The molecule has 6 nitrogen and oxygen atoms in total. The first-order valence-electron chi connectivity index (χ1n) is 12.1. The van der Waals surface area contributed by atoms with Crippen molar-refractivity contribution in [3.8, 4) is 10.6 Å². The maximum atomic E-state index is 13.9. The Morgan fingerprint density at radius 2 is 1.89 bits per heavy atom. The molecule has 188 valence electrons. The van der Waals surface area contributed by atoms with E-state index in [1.165, 1.54) is 27.9 Å². The summed E-state index contributed by atoms with van der Waals surface area (Å²) in [5, 5.41) is 6.95. The van der Waals surface area contributed by atoms with Gasteiger partial charge in [0.05, 0.1) is 23.7 Å². The highest BCUT2D eigenvalue weighted by Gasteiger charge is 2.36. The van der Waals surface area contributed by atoms with Gasteiger partial charge in [-0.3, -0.25) is 4.79 Å². The lowest BCUT2D eigenvalue weighted by Gasteiger charge is -2.29. The van der Waals surface area contributed by atoms with Crippen LogP contribution in [0.25, 0.3) is 16.2 Å². The van der Waals surface area contributed by atoms with Crippen molar-refractivity contribution in [1.82, 2.24) is 19.9 Å². The van der Waals surface area contributed by atoms with Crippen LogP contribution >= 0.6 is 11.3 Å². The number of carbonyl (C=O) groups excluding carboxylic acids is 1. The topological polar surface area (TPSA) is 63.7 Å². The minimum atomic E-state index is -4.64. The second kappa shape index (κ2) is 10.0. The van der Waals surface area contributed by atoms with Gasteiger partial charge in [0, 0.05) is 35.4 Å². The van der Waals surface area contributed by atoms with Crippen molar-refractivity contribution in [2.45, 2.75) is 44.9 Å². The van der Waals surface area contributed by atoms with Crippen LogP contribution in [0.1, 0.15) is 46.4 Å². The van der Waals surface area contributed by atoms with Crippen molar-refractivity contribution in [3.05, 3.63) is 76.4 Å². The first-order valence-corrected chi connectivity index (χ1v) is 12.9. The molecular formula is C26H27F3N5OS+. The highest BCUT2D eigenvalue weighted by Crippen LogP contribution is 2.34. The number of thiophene rings is 1. The van der Waals surface area contributed by atoms with E-state index in [9.17, 15) is 18.0 Å². The number of alkyl halides is 3. The number of hydrogen-bond donors (Lipinski definition) is 2. The van der Waals surface area contributed by atoms with Crippen molar-refractivity contribution in [2.75, 3.05) is 13.1 Å². The molecule has 1 fully saturated rings. The molecule has 1 aliphatic heterocycles. The van der Waals surface area contributed by atoms with E-state index in [1.54, 1.807) is 6.07 Å². The summed E-state index contributed by atoms with van der Waals surface area (Å²) in [7, 11) is 0. The van der Waals surface area contributed by atoms with Gasteiger partial charge in [0.15, 0.2) is 17.0 Å². The molecule has 2 N–H and O–H groups in total. The van der Waals surface area contributed by atoms with Crippen LogP contribution in [0.2, 0.25) is 0 Å². The second-order valence-electron chi connectivity index (χ2n) is 9.10. The fraction of sp³-hybridized carbons (Fsp3) is 0.346. The maximum Gasteiger partial charge on any atom is 0.433 e. The van der Waals surface area contributed by atoms with E-state index in [-0.39, 0.29) is 23.1 Å². The van der Waals surface area contributed by atoms with E-state index < -0.39 is 17.8 Å². The van der Waals surface area contributed by atoms with Gasteiger partial charge in [0.1, 0.15) is 6.54 Å². The summed E-state index contributed by atoms with van der Waals surface area (Å²) in [5.41, 5.74) is 0.481. The predicted molar refractivity (Wildman–Crippen MR) is 132 cm³/mol. The summed E-state index contributed by atoms with van der Waals surface area (Å²) in [6.45, 7) is 4.75. The van der Waals surface area contributed by atoms with Gasteiger partial charge in [-0.05, 0) is 24.6 Å². The third-order valence-electron chi connectivity index (χ3n) is 6.54. The first kappa shape index (κ1) is 24.5. The Hall–Kier alpha value is -3.24. The fourth-order valence-corrected chi connectivity index (χ4v) is 5.52. The lowest BCUT2D eigenvalue weighted by Crippen LogP contribution is -3.12. The molecule has 10 heteroatoms. The number of rotatable bonds is 6. The molecule has 36 heavy (non-hydrogen) atoms. The van der Waals surface area contributed by atoms with Gasteiger partial charge >= 0.3 is 6.18 Å². The van der Waals surface area contributed by atoms with Gasteiger partial charge in [-0.2, -0.15) is 18.3 Å². The molecule has 0 atom stereocenters. The molecule has 1 aliphatic rings. The van der Waals surface area contributed by atoms with Crippen LogP contribution < -0.4 is 10.2 Å². The van der Waals surface area contributed by atoms with Crippen molar-refractivity contribution in [1.29, 1.82) is 0 Å². The monoisotopic (exact) mass is 514 g/mol. The van der Waals surface area contributed by atoms with E-state index in [2.05, 4.69) is 27.5 Å². The molecular weight excluding hydrogens is 487 g/mol. The van der Waals surface area contributed by atoms with Crippen molar-refractivity contribution >= 4 is 22.9 Å². The molecule has 1 aromatic carbocycles. The summed E-state index contributed by atoms with van der Waals surface area (Å²) in [6, 6.07) is 16.2. The zero-order valence-corrected chi connectivity index (χ0v) is 20.6. The Balaban J connectivity index is 1.31. The average molecular weight is 515 g/mol. The Morgan fingerprint density at radius 3 is 2.56 bits per heavy atom. The number of piperidine rings is 1. The second-order valence-corrected chi connectivity index (χ2v) is 10.3. The van der Waals surface area contributed by atoms with Crippen molar-refractivity contribution < 1.29 is 22.9 Å². The first-order chi connectivity index (χ1) is 17.3. The van der Waals surface area contributed by atoms with E-state index in [0.29, 0.717) is 4.88 Å². The predicted octanol–water partition coefficient (Wildman–Crippen LogP) is 4.02. The summed E-state index contributed by atoms with van der Waals surface area (Å²) < 4.78 is 42.3. The van der Waals surface area contributed by atoms with Crippen LogP contribution in [0.3, 0.4) is 0 Å². The molecule has 0 saturated carbocycles. The number of amides is 1. The van der Waals surface area contributed by atoms with Gasteiger partial charge in [-0.15, -0.1) is 11.3 Å². The third-order valence-corrected chi connectivity index (χ3v) is 7.79. The number of benzene rings is 1. The largest absolute Gasteiger partial charge is 0.433 e. The molecule has 1 amide bonds. The number of halogens is 3. The fourth-order valence-electron chi connectivity index (χ4n) is 4.61. The number of carbonyl (C=O) groups is 1. The Kier molecular flexibility index (Phi) is 6.81. The van der Waals surface area contributed by atoms with Crippen LogP contribution in [0.4, 0.5) is 13.2 Å². The molecule has 0 radical (unpaired) electrons. The highest BCUT2D eigenvalue weighted by molar-refractivity contribution is 7.15. The molecule has 1 saturated heterocycles. The number of fused-ring (bicyclic) bond motifs is 1. The normalized spacial score (nSPS) is 18.4. The van der Waals surface area contributed by atoms with E-state index in [1.807, 2.05) is 31.2 Å². The van der Waals surface area contributed by atoms with Crippen LogP contribution in [-0.2, 0) is 19.1 Å². The highest BCUT2D eigenvalue weighted by atomic mass is 32.1. The molecule has 0 bridgehead atoms. The quantitative estimate of drug-likeness (QED) is 0.409. The number of nitrogens with zero attached hydrogens (tertiary/aromatic N) is 3. The number of quaternary nitrogens is 1. The zero-order valence-electron chi connectivity index (χ0n) is 19.8. The lowest BCUT2D eigenvalue weighted by molar-refractivity contribution is -0.918. The van der Waals surface area contributed by atoms with Gasteiger partial charge in [-0.1, -0.05) is 37.3 Å². The number of aromatic nitrogens is 3. The lowest BCUT2D eigenvalue weighted by atomic mass is 10.0. The smallest absolute Gasteiger partial charge is 0.347 e. The summed E-state index contributed by atoms with van der Waals surface area (Å²) in [4.78, 5) is 20.5. The minimum absolute atomic E-state index is 0.00134. The Labute approximate surface area is 210 Å². The summed E-state index contributed by atoms with van der Waals surface area (Å²) >= 11 is 1.41. The molecule has 0 unspecified atom stereocenters. The van der Waals surface area contributed by atoms with Crippen LogP contribution in [0, 0.1) is 0 Å². The Bertz CT molecular complexity index is 1360. The number of hydrogen-bond acceptors (Lipinski definition) is 4. The van der Waals surface area contributed by atoms with E-state index in [0.717, 1.165) is 54.4 Å². The molecule has 3 aromatic heterocycles. The van der Waals surface area contributed by atoms with E-state index in [4.69, 9.17) is 0 Å². The van der Waals surface area contributed by atoms with Crippen molar-refractivity contribution in [3.63, 3.8) is 0 Å². The molecule has 4 heterocycles. The van der Waals surface area contributed by atoms with Gasteiger partial charge in [0.25, 0.3) is 5.91 Å². The van der Waals surface area contributed by atoms with E-state index >= 15 is 0 Å². The van der Waals surface area contributed by atoms with Crippen LogP contribution in [-0.4, -0.2) is 39.6 Å². The van der Waals surface area contributed by atoms with Gasteiger partial charge in [0.2, 0.25) is 0 Å². The molecule has 4 aromatic rings. The summed E-state index contributed by atoms with van der Waals surface area (Å²) in [6.07, 6.45) is -2.25. The van der Waals surface area contributed by atoms with Gasteiger partial charge < -0.3 is 10.2 Å². The van der Waals surface area contributed by atoms with Crippen molar-refractivity contribution in [2.24, 2.45) is 0 Å². The minimum Gasteiger partial charge on any atom is -0.347 e. The number of likely N-dealkylation sites (tertiary alicyclic amines) is 1. The number of nitrogens with one attached hydrogen (secondary N) is 2.